The van der Waals surface area contributed by atoms with Gasteiger partial charge < -0.3 is 16.2 Å². The minimum absolute atomic E-state index is 0.131. The number of nitrogen functional groups attached to an aromatic ring is 1. The Hall–Kier alpha value is -1.85. The molecule has 0 radical (unpaired) electrons. The molecule has 1 heterocycles. The Balaban J connectivity index is 1.68. The van der Waals surface area contributed by atoms with Gasteiger partial charge in [0.25, 0.3) is 5.91 Å². The lowest BCUT2D eigenvalue weighted by atomic mass is 9.77. The molecular formula is C19H24ClN3O2. The molecule has 25 heavy (non-hydrogen) atoms. The van der Waals surface area contributed by atoms with Crippen molar-refractivity contribution in [3.8, 4) is 0 Å². The molecule has 1 aromatic carbocycles. The van der Waals surface area contributed by atoms with Gasteiger partial charge in [-0.05, 0) is 63.6 Å². The maximum Gasteiger partial charge on any atom is 0.253 e. The van der Waals surface area contributed by atoms with Crippen LogP contribution in [0.5, 0.6) is 0 Å². The number of halogens is 1. The average molecular weight is 362 g/mol. The van der Waals surface area contributed by atoms with Crippen LogP contribution in [0.15, 0.2) is 24.4 Å². The summed E-state index contributed by atoms with van der Waals surface area (Å²) in [6.45, 7) is 3.71. The van der Waals surface area contributed by atoms with Gasteiger partial charge in [-0.25, -0.2) is 0 Å². The summed E-state index contributed by atoms with van der Waals surface area (Å²) in [5.41, 5.74) is 6.82. The van der Waals surface area contributed by atoms with E-state index in [1.165, 1.54) is 0 Å². The van der Waals surface area contributed by atoms with Crippen LogP contribution in [0.4, 0.5) is 5.69 Å². The Bertz CT molecular complexity index is 793. The minimum atomic E-state index is -0.654. The van der Waals surface area contributed by atoms with Gasteiger partial charge in [0.05, 0.1) is 27.4 Å². The second kappa shape index (κ2) is 6.81. The fourth-order valence-electron chi connectivity index (χ4n) is 3.50. The maximum absolute atomic E-state index is 12.5. The van der Waals surface area contributed by atoms with E-state index < -0.39 is 5.60 Å². The molecule has 1 aliphatic carbocycles. The van der Waals surface area contributed by atoms with Crippen molar-refractivity contribution in [2.45, 2.75) is 51.2 Å². The highest BCUT2D eigenvalue weighted by Gasteiger charge is 2.31. The summed E-state index contributed by atoms with van der Waals surface area (Å²) in [4.78, 5) is 16.8. The quantitative estimate of drug-likeness (QED) is 0.730. The van der Waals surface area contributed by atoms with Crippen molar-refractivity contribution in [2.24, 2.45) is 5.92 Å². The van der Waals surface area contributed by atoms with Crippen molar-refractivity contribution in [2.75, 3.05) is 5.73 Å². The molecule has 6 heteroatoms. The number of nitrogens with zero attached hydrogens (tertiary/aromatic N) is 1. The van der Waals surface area contributed by atoms with Gasteiger partial charge in [-0.1, -0.05) is 11.6 Å². The molecule has 0 bridgehead atoms. The van der Waals surface area contributed by atoms with Crippen LogP contribution < -0.4 is 11.1 Å². The van der Waals surface area contributed by atoms with Gasteiger partial charge in [0.15, 0.2) is 0 Å². The molecule has 1 aromatic heterocycles. The summed E-state index contributed by atoms with van der Waals surface area (Å²) >= 11 is 6.05. The van der Waals surface area contributed by atoms with E-state index in [0.29, 0.717) is 21.8 Å². The number of aromatic nitrogens is 1. The van der Waals surface area contributed by atoms with E-state index in [1.807, 2.05) is 13.8 Å². The van der Waals surface area contributed by atoms with Gasteiger partial charge in [-0.15, -0.1) is 0 Å². The van der Waals surface area contributed by atoms with Crippen molar-refractivity contribution in [3.05, 3.63) is 35.0 Å². The van der Waals surface area contributed by atoms with Crippen molar-refractivity contribution >= 4 is 34.1 Å². The van der Waals surface area contributed by atoms with E-state index >= 15 is 0 Å². The van der Waals surface area contributed by atoms with Crippen molar-refractivity contribution in [1.82, 2.24) is 10.3 Å². The Morgan fingerprint density at radius 1 is 1.28 bits per heavy atom. The Morgan fingerprint density at radius 3 is 2.60 bits per heavy atom. The fourth-order valence-corrected chi connectivity index (χ4v) is 3.67. The number of fused-ring (bicyclic) bond motifs is 1. The number of nitrogens with two attached hydrogens (primary N) is 1. The number of nitrogens with one attached hydrogen (secondary N) is 1. The monoisotopic (exact) mass is 361 g/mol. The first-order valence-electron chi connectivity index (χ1n) is 8.62. The lowest BCUT2D eigenvalue weighted by Crippen LogP contribution is -2.41. The topological polar surface area (TPSA) is 88.2 Å². The molecule has 1 fully saturated rings. The number of benzene rings is 1. The first kappa shape index (κ1) is 18.0. The van der Waals surface area contributed by atoms with E-state index in [4.69, 9.17) is 17.3 Å². The first-order valence-corrected chi connectivity index (χ1v) is 9.00. The number of pyridine rings is 1. The van der Waals surface area contributed by atoms with Gasteiger partial charge in [0, 0.05) is 17.6 Å². The minimum Gasteiger partial charge on any atom is -0.397 e. The van der Waals surface area contributed by atoms with Crippen molar-refractivity contribution in [1.29, 1.82) is 0 Å². The third-order valence-corrected chi connectivity index (χ3v) is 5.45. The molecule has 5 nitrogen and oxygen atoms in total. The largest absolute Gasteiger partial charge is 0.397 e. The number of anilines is 1. The van der Waals surface area contributed by atoms with Crippen LogP contribution >= 0.6 is 11.6 Å². The number of hydrogen-bond donors (Lipinski definition) is 3. The normalized spacial score (nSPS) is 21.3. The summed E-state index contributed by atoms with van der Waals surface area (Å²) in [6, 6.07) is 5.35. The Morgan fingerprint density at radius 2 is 1.96 bits per heavy atom. The number of hydrogen-bond acceptors (Lipinski definition) is 4. The molecule has 2 aromatic rings. The zero-order valence-corrected chi connectivity index (χ0v) is 15.3. The van der Waals surface area contributed by atoms with Gasteiger partial charge in [0.1, 0.15) is 0 Å². The van der Waals surface area contributed by atoms with E-state index in [1.54, 1.807) is 24.4 Å². The van der Waals surface area contributed by atoms with E-state index in [0.717, 1.165) is 31.1 Å². The van der Waals surface area contributed by atoms with E-state index in [2.05, 4.69) is 10.3 Å². The standard InChI is InChI=1S/C19H24ClN3O2/c1-19(2,25)13-3-5-14(6-4-13)23-18(24)12-7-11-8-15(20)16(21)9-17(11)22-10-12/h7-10,13-14,25H,3-6,21H2,1-2H3,(H,23,24)/t13-,14-. The SMILES string of the molecule is CC(C)(O)[C@H]1CC[C@H](NC(=O)c2cnc3cc(N)c(Cl)cc3c2)CC1. The molecule has 0 spiro atoms. The third-order valence-electron chi connectivity index (χ3n) is 5.12. The Kier molecular flexibility index (Phi) is 4.89. The molecule has 0 atom stereocenters. The van der Waals surface area contributed by atoms with E-state index in [-0.39, 0.29) is 17.9 Å². The summed E-state index contributed by atoms with van der Waals surface area (Å²) in [5.74, 6) is 0.157. The van der Waals surface area contributed by atoms with Gasteiger partial charge in [-0.3, -0.25) is 9.78 Å². The second-order valence-electron chi connectivity index (χ2n) is 7.47. The van der Waals surface area contributed by atoms with Crippen LogP contribution in [0.2, 0.25) is 5.02 Å². The zero-order chi connectivity index (χ0) is 18.2. The number of aliphatic hydroxyl groups is 1. The predicted octanol–water partition coefficient (Wildman–Crippen LogP) is 3.53. The predicted molar refractivity (Wildman–Crippen MR) is 101 cm³/mol. The Labute approximate surface area is 152 Å². The summed E-state index contributed by atoms with van der Waals surface area (Å²) in [7, 11) is 0. The van der Waals surface area contributed by atoms with Crippen molar-refractivity contribution in [3.63, 3.8) is 0 Å². The van der Waals surface area contributed by atoms with Crippen LogP contribution in [0.1, 0.15) is 49.9 Å². The molecule has 4 N–H and O–H groups in total. The van der Waals surface area contributed by atoms with Gasteiger partial charge >= 0.3 is 0 Å². The zero-order valence-electron chi connectivity index (χ0n) is 14.6. The third kappa shape index (κ3) is 4.05. The maximum atomic E-state index is 12.5. The number of carbonyl (C=O) groups is 1. The van der Waals surface area contributed by atoms with Crippen molar-refractivity contribution < 1.29 is 9.90 Å². The van der Waals surface area contributed by atoms with Crippen LogP contribution in [-0.4, -0.2) is 27.6 Å². The molecule has 0 unspecified atom stereocenters. The van der Waals surface area contributed by atoms with Crippen LogP contribution in [0, 0.1) is 5.92 Å². The van der Waals surface area contributed by atoms with Crippen LogP contribution in [0.25, 0.3) is 10.9 Å². The summed E-state index contributed by atoms with van der Waals surface area (Å²) < 4.78 is 0. The van der Waals surface area contributed by atoms with Gasteiger partial charge in [0.2, 0.25) is 0 Å². The average Bonchev–Trinajstić information content (AvgIpc) is 2.55. The molecule has 0 aliphatic heterocycles. The molecular weight excluding hydrogens is 338 g/mol. The number of rotatable bonds is 3. The fraction of sp³-hybridized carbons (Fsp3) is 0.474. The molecule has 1 aliphatic rings. The van der Waals surface area contributed by atoms with Gasteiger partial charge in [-0.2, -0.15) is 0 Å². The summed E-state index contributed by atoms with van der Waals surface area (Å²) in [5, 5.41) is 14.4. The number of carbonyl (C=O) groups excluding carboxylic acids is 1. The van der Waals surface area contributed by atoms with E-state index in [9.17, 15) is 9.90 Å². The molecule has 3 rings (SSSR count). The number of amides is 1. The van der Waals surface area contributed by atoms with Crippen LogP contribution in [-0.2, 0) is 0 Å². The smallest absolute Gasteiger partial charge is 0.253 e. The lowest BCUT2D eigenvalue weighted by Gasteiger charge is -2.36. The molecule has 134 valence electrons. The molecule has 0 saturated heterocycles. The highest BCUT2D eigenvalue weighted by Crippen LogP contribution is 2.32. The summed E-state index contributed by atoms with van der Waals surface area (Å²) in [6.07, 6.45) is 5.15. The lowest BCUT2D eigenvalue weighted by molar-refractivity contribution is -0.00257. The molecule has 1 saturated carbocycles. The first-order chi connectivity index (χ1) is 11.7. The van der Waals surface area contributed by atoms with Crippen LogP contribution in [0.3, 0.4) is 0 Å². The highest BCUT2D eigenvalue weighted by molar-refractivity contribution is 6.33. The highest BCUT2D eigenvalue weighted by atomic mass is 35.5. The second-order valence-corrected chi connectivity index (χ2v) is 7.87. The molecule has 1 amide bonds.